The van der Waals surface area contributed by atoms with Crippen LogP contribution in [0.25, 0.3) is 11.1 Å². The van der Waals surface area contributed by atoms with Crippen molar-refractivity contribution >= 4 is 17.9 Å². The van der Waals surface area contributed by atoms with E-state index in [1.165, 1.54) is 19.1 Å². The van der Waals surface area contributed by atoms with E-state index in [4.69, 9.17) is 15.6 Å². The molecule has 6 N–H and O–H groups in total. The minimum Gasteiger partial charge on any atom is -0.478 e. The lowest BCUT2D eigenvalue weighted by Gasteiger charge is -2.27. The van der Waals surface area contributed by atoms with E-state index in [0.717, 1.165) is 50.5 Å². The van der Waals surface area contributed by atoms with Crippen molar-refractivity contribution < 1.29 is 29.3 Å². The Labute approximate surface area is 197 Å². The molecule has 2 unspecified atom stereocenters. The van der Waals surface area contributed by atoms with Gasteiger partial charge in [-0.15, -0.1) is 0 Å². The van der Waals surface area contributed by atoms with E-state index in [0.29, 0.717) is 5.56 Å². The van der Waals surface area contributed by atoms with Crippen LogP contribution >= 0.6 is 0 Å². The van der Waals surface area contributed by atoms with Gasteiger partial charge >= 0.3 is 12.0 Å². The molecular weight excluding hydrogens is 440 g/mol. The lowest BCUT2D eigenvalue weighted by Crippen LogP contribution is -2.49. The monoisotopic (exact) mass is 470 g/mol. The number of nitrogens with zero attached hydrogens (tertiary/aromatic N) is 1. The molecule has 0 aromatic heterocycles. The predicted octanol–water partition coefficient (Wildman–Crippen LogP) is 0.961. The molecule has 0 spiro atoms. The summed E-state index contributed by atoms with van der Waals surface area (Å²) in [4.78, 5) is 36.4. The summed E-state index contributed by atoms with van der Waals surface area (Å²) in [7, 11) is 0. The van der Waals surface area contributed by atoms with Crippen LogP contribution in [0.15, 0.2) is 48.5 Å². The number of hydrogen-bond donors (Lipinski definition) is 5. The molecule has 2 atom stereocenters. The summed E-state index contributed by atoms with van der Waals surface area (Å²) in [6, 6.07) is 12.6. The van der Waals surface area contributed by atoms with Crippen LogP contribution in [0.1, 0.15) is 28.9 Å². The first-order valence-electron chi connectivity index (χ1n) is 11.0. The van der Waals surface area contributed by atoms with Gasteiger partial charge in [0.1, 0.15) is 11.6 Å². The molecule has 2 aliphatic rings. The number of rotatable bonds is 6. The molecule has 0 saturated carbocycles. The third-order valence-corrected chi connectivity index (χ3v) is 5.86. The maximum atomic E-state index is 11.9. The summed E-state index contributed by atoms with van der Waals surface area (Å²) in [5.74, 6) is -1.58. The van der Waals surface area contributed by atoms with Crippen LogP contribution in [0.4, 0.5) is 4.79 Å². The highest BCUT2D eigenvalue weighted by atomic mass is 16.5. The molecule has 2 aromatic rings. The molecule has 2 aromatic carbocycles. The van der Waals surface area contributed by atoms with Crippen molar-refractivity contribution in [3.63, 3.8) is 0 Å². The number of aliphatic hydroxyl groups excluding tert-OH is 1. The molecule has 0 radical (unpaired) electrons. The number of nitrogens with two attached hydrogens (primary N) is 1. The van der Waals surface area contributed by atoms with Gasteiger partial charge in [-0.3, -0.25) is 15.0 Å². The third kappa shape index (κ3) is 5.97. The molecule has 0 aliphatic carbocycles. The number of carbonyl (C=O) groups excluding carboxylic acids is 2. The quantitative estimate of drug-likeness (QED) is 0.391. The molecule has 10 heteroatoms. The average Bonchev–Trinajstić information content (AvgIpc) is 3.12. The molecule has 0 bridgehead atoms. The summed E-state index contributed by atoms with van der Waals surface area (Å²) in [6.07, 6.45) is -1.21. The summed E-state index contributed by atoms with van der Waals surface area (Å²) in [5, 5.41) is 24.0. The molecule has 4 rings (SSSR count). The second-order valence-electron chi connectivity index (χ2n) is 8.26. The van der Waals surface area contributed by atoms with E-state index in [1.54, 1.807) is 36.4 Å². The number of amides is 3. The number of carbonyl (C=O) groups is 3. The highest BCUT2D eigenvalue weighted by molar-refractivity contribution is 6.07. The van der Waals surface area contributed by atoms with Gasteiger partial charge < -0.3 is 26.0 Å². The van der Waals surface area contributed by atoms with Gasteiger partial charge in [-0.2, -0.15) is 0 Å². The first-order valence-corrected chi connectivity index (χ1v) is 11.0. The van der Waals surface area contributed by atoms with E-state index in [9.17, 15) is 19.5 Å². The molecule has 34 heavy (non-hydrogen) atoms. The SMILES string of the molecule is CC1(C(O)c2ccc(-c3ccc(C(=O)O)cc3)cc2)NC(=O)NC1=O.NCCN1CCOCC1. The first-order chi connectivity index (χ1) is 16.2. The molecule has 2 fully saturated rings. The first kappa shape index (κ1) is 25.3. The number of carboxylic acid groups (broad SMARTS) is 1. The van der Waals surface area contributed by atoms with Crippen LogP contribution in [0.3, 0.4) is 0 Å². The zero-order valence-electron chi connectivity index (χ0n) is 19.0. The minimum absolute atomic E-state index is 0.201. The summed E-state index contributed by atoms with van der Waals surface area (Å²) in [6.45, 7) is 7.09. The Bertz CT molecular complexity index is 1000. The Morgan fingerprint density at radius 2 is 1.65 bits per heavy atom. The van der Waals surface area contributed by atoms with Crippen LogP contribution in [0, 0.1) is 0 Å². The second kappa shape index (κ2) is 11.2. The van der Waals surface area contributed by atoms with Crippen molar-refractivity contribution in [2.24, 2.45) is 5.73 Å². The fraction of sp³-hybridized carbons (Fsp3) is 0.375. The van der Waals surface area contributed by atoms with Crippen LogP contribution in [0.2, 0.25) is 0 Å². The third-order valence-electron chi connectivity index (χ3n) is 5.86. The van der Waals surface area contributed by atoms with Crippen molar-refractivity contribution in [3.05, 3.63) is 59.7 Å². The number of aromatic carboxylic acids is 1. The summed E-state index contributed by atoms with van der Waals surface area (Å²) >= 11 is 0. The zero-order chi connectivity index (χ0) is 24.7. The number of hydrogen-bond acceptors (Lipinski definition) is 7. The Morgan fingerprint density at radius 1 is 1.09 bits per heavy atom. The highest BCUT2D eigenvalue weighted by Gasteiger charge is 2.48. The number of morpholine rings is 1. The van der Waals surface area contributed by atoms with Gasteiger partial charge in [0.15, 0.2) is 0 Å². The maximum absolute atomic E-state index is 11.9. The standard InChI is InChI=1S/C18H16N2O5.C6H14N2O/c1-18(16(24)19-17(25)20-18)14(21)12-6-2-10(3-7-12)11-4-8-13(9-5-11)15(22)23;7-1-2-8-3-5-9-6-4-8/h2-9,14,21H,1H3,(H,22,23)(H2,19,20,24,25);1-7H2. The minimum atomic E-state index is -1.43. The Morgan fingerprint density at radius 3 is 2.12 bits per heavy atom. The van der Waals surface area contributed by atoms with Crippen molar-refractivity contribution in [1.29, 1.82) is 0 Å². The van der Waals surface area contributed by atoms with Crippen molar-refractivity contribution in [2.45, 2.75) is 18.6 Å². The van der Waals surface area contributed by atoms with Gasteiger partial charge in [-0.05, 0) is 35.7 Å². The number of imide groups is 1. The van der Waals surface area contributed by atoms with E-state index >= 15 is 0 Å². The second-order valence-corrected chi connectivity index (χ2v) is 8.26. The van der Waals surface area contributed by atoms with Gasteiger partial charge in [-0.1, -0.05) is 36.4 Å². The molecule has 10 nitrogen and oxygen atoms in total. The molecule has 2 saturated heterocycles. The van der Waals surface area contributed by atoms with Gasteiger partial charge in [0.05, 0.1) is 18.8 Å². The number of benzene rings is 2. The van der Waals surface area contributed by atoms with E-state index in [-0.39, 0.29) is 5.56 Å². The lowest BCUT2D eigenvalue weighted by molar-refractivity contribution is -0.127. The number of nitrogens with one attached hydrogen (secondary N) is 2. The predicted molar refractivity (Wildman–Crippen MR) is 125 cm³/mol. The molecule has 3 amide bonds. The largest absolute Gasteiger partial charge is 0.478 e. The van der Waals surface area contributed by atoms with Gasteiger partial charge in [-0.25, -0.2) is 9.59 Å². The molecule has 2 aliphatic heterocycles. The number of aliphatic hydroxyl groups is 1. The smallest absolute Gasteiger partial charge is 0.335 e. The average molecular weight is 471 g/mol. The lowest BCUT2D eigenvalue weighted by atomic mass is 9.89. The number of urea groups is 1. The van der Waals surface area contributed by atoms with Crippen molar-refractivity contribution in [3.8, 4) is 11.1 Å². The van der Waals surface area contributed by atoms with E-state index in [1.807, 2.05) is 0 Å². The van der Waals surface area contributed by atoms with Gasteiger partial charge in [0, 0.05) is 26.2 Å². The van der Waals surface area contributed by atoms with Gasteiger partial charge in [0.2, 0.25) is 0 Å². The Kier molecular flexibility index (Phi) is 8.35. The summed E-state index contributed by atoms with van der Waals surface area (Å²) in [5.41, 5.74) is 6.28. The highest BCUT2D eigenvalue weighted by Crippen LogP contribution is 2.30. The van der Waals surface area contributed by atoms with E-state index < -0.39 is 29.6 Å². The Hall–Kier alpha value is -3.31. The molecule has 182 valence electrons. The molecule has 2 heterocycles. The van der Waals surface area contributed by atoms with Gasteiger partial charge in [0.25, 0.3) is 5.91 Å². The number of ether oxygens (including phenoxy) is 1. The maximum Gasteiger partial charge on any atom is 0.335 e. The van der Waals surface area contributed by atoms with Crippen molar-refractivity contribution in [2.75, 3.05) is 39.4 Å². The van der Waals surface area contributed by atoms with Crippen LogP contribution in [-0.2, 0) is 9.53 Å². The fourth-order valence-electron chi connectivity index (χ4n) is 3.75. The molecular formula is C24H30N4O6. The van der Waals surface area contributed by atoms with Crippen LogP contribution in [0.5, 0.6) is 0 Å². The van der Waals surface area contributed by atoms with Crippen molar-refractivity contribution in [1.82, 2.24) is 15.5 Å². The fourth-order valence-corrected chi connectivity index (χ4v) is 3.75. The Balaban J connectivity index is 0.000000302. The zero-order valence-corrected chi connectivity index (χ0v) is 19.0. The van der Waals surface area contributed by atoms with Crippen LogP contribution < -0.4 is 16.4 Å². The van der Waals surface area contributed by atoms with Crippen LogP contribution in [-0.4, -0.2) is 78.0 Å². The number of carboxylic acids is 1. The normalized spacial score (nSPS) is 21.1. The summed E-state index contributed by atoms with van der Waals surface area (Å²) < 4.78 is 5.16. The van der Waals surface area contributed by atoms with E-state index in [2.05, 4.69) is 15.5 Å². The topological polar surface area (TPSA) is 154 Å².